The summed E-state index contributed by atoms with van der Waals surface area (Å²) >= 11 is 7.55. The number of rotatable bonds is 6. The molecule has 4 aliphatic rings. The van der Waals surface area contributed by atoms with Crippen LogP contribution in [0.1, 0.15) is 45.4 Å². The molecule has 0 radical (unpaired) electrons. The van der Waals surface area contributed by atoms with Gasteiger partial charge in [-0.2, -0.15) is 0 Å². The quantitative estimate of drug-likeness (QED) is 0.515. The zero-order valence-corrected chi connectivity index (χ0v) is 18.8. The van der Waals surface area contributed by atoms with Crippen LogP contribution in [-0.2, 0) is 4.79 Å². The summed E-state index contributed by atoms with van der Waals surface area (Å²) in [5.41, 5.74) is 1.03. The van der Waals surface area contributed by atoms with E-state index >= 15 is 0 Å². The van der Waals surface area contributed by atoms with Gasteiger partial charge < -0.3 is 11.2 Å². The van der Waals surface area contributed by atoms with Crippen molar-refractivity contribution in [2.24, 2.45) is 23.2 Å². The Morgan fingerprint density at radius 3 is 2.50 bits per heavy atom. The second kappa shape index (κ2) is 7.75. The lowest BCUT2D eigenvalue weighted by molar-refractivity contribution is -0.123. The molecule has 160 valence electrons. The fourth-order valence-electron chi connectivity index (χ4n) is 6.48. The number of hydrogen-bond donors (Lipinski definition) is 2. The molecule has 6 nitrogen and oxygen atoms in total. The molecule has 3 N–H and O–H groups in total. The molecule has 4 bridgehead atoms. The lowest BCUT2D eigenvalue weighted by Gasteiger charge is -2.59. The maximum atomic E-state index is 12.7. The van der Waals surface area contributed by atoms with Gasteiger partial charge >= 0.3 is 0 Å². The van der Waals surface area contributed by atoms with Gasteiger partial charge in [-0.3, -0.25) is 4.79 Å². The first-order chi connectivity index (χ1) is 14.4. The maximum Gasteiger partial charge on any atom is 0.230 e. The first-order valence-corrected chi connectivity index (χ1v) is 12.2. The van der Waals surface area contributed by atoms with E-state index in [1.165, 1.54) is 55.0 Å². The lowest BCUT2D eigenvalue weighted by atomic mass is 9.48. The minimum absolute atomic E-state index is 0.0329. The molecule has 8 heteroatoms. The number of halogens is 1. The third kappa shape index (κ3) is 3.60. The van der Waals surface area contributed by atoms with E-state index in [9.17, 15) is 4.79 Å². The zero-order valence-electron chi connectivity index (χ0n) is 17.2. The minimum Gasteiger partial charge on any atom is -0.352 e. The Bertz CT molecular complexity index is 925. The topological polar surface area (TPSA) is 85.8 Å². The molecule has 1 unspecified atom stereocenters. The fourth-order valence-corrected chi connectivity index (χ4v) is 7.36. The van der Waals surface area contributed by atoms with E-state index in [1.807, 2.05) is 18.2 Å². The third-order valence-corrected chi connectivity index (χ3v) is 8.77. The Morgan fingerprint density at radius 2 is 1.87 bits per heavy atom. The van der Waals surface area contributed by atoms with Crippen LogP contribution < -0.4 is 11.2 Å². The Labute approximate surface area is 186 Å². The monoisotopic (exact) mass is 445 g/mol. The predicted molar refractivity (Wildman–Crippen MR) is 120 cm³/mol. The van der Waals surface area contributed by atoms with E-state index in [4.69, 9.17) is 17.4 Å². The number of carbonyl (C=O) groups is 1. The van der Waals surface area contributed by atoms with E-state index < -0.39 is 0 Å². The number of hydrogen-bond acceptors (Lipinski definition) is 5. The average Bonchev–Trinajstić information content (AvgIpc) is 3.06. The van der Waals surface area contributed by atoms with Crippen LogP contribution in [0.15, 0.2) is 29.4 Å². The van der Waals surface area contributed by atoms with Gasteiger partial charge in [-0.15, -0.1) is 10.2 Å². The molecule has 4 saturated carbocycles. The molecule has 1 atom stereocenters. The Balaban J connectivity index is 1.21. The average molecular weight is 446 g/mol. The van der Waals surface area contributed by atoms with E-state index in [0.717, 1.165) is 23.3 Å². The van der Waals surface area contributed by atoms with Gasteiger partial charge in [-0.25, -0.2) is 4.68 Å². The van der Waals surface area contributed by atoms with E-state index in [2.05, 4.69) is 22.4 Å². The molecule has 0 spiro atoms. The van der Waals surface area contributed by atoms with Crippen molar-refractivity contribution in [3.8, 4) is 11.4 Å². The minimum atomic E-state index is 0.0329. The van der Waals surface area contributed by atoms with Gasteiger partial charge in [-0.05, 0) is 80.8 Å². The van der Waals surface area contributed by atoms with Gasteiger partial charge in [0.05, 0.1) is 10.8 Å². The highest BCUT2D eigenvalue weighted by atomic mass is 35.5. The van der Waals surface area contributed by atoms with Gasteiger partial charge in [-0.1, -0.05) is 35.5 Å². The molecule has 1 heterocycles. The lowest BCUT2D eigenvalue weighted by Crippen LogP contribution is -2.56. The summed E-state index contributed by atoms with van der Waals surface area (Å²) in [5.74, 6) is 9.61. The second-order valence-electron chi connectivity index (χ2n) is 9.51. The standard InChI is InChI=1S/C22H28ClN5OS/c1-13(22-9-14-6-15(10-22)8-16(7-14)11-22)25-19(29)12-30-21-27-26-20(28(21)24)17-4-2-3-5-18(17)23/h2-5,13-16H,6-12,24H2,1H3,(H,25,29). The molecular weight excluding hydrogens is 418 g/mol. The van der Waals surface area contributed by atoms with Crippen LogP contribution in [0.5, 0.6) is 0 Å². The van der Waals surface area contributed by atoms with Crippen LogP contribution >= 0.6 is 23.4 Å². The normalized spacial score (nSPS) is 30.4. The zero-order chi connectivity index (χ0) is 20.9. The second-order valence-corrected chi connectivity index (χ2v) is 10.9. The molecule has 4 fully saturated rings. The van der Waals surface area contributed by atoms with Crippen LogP contribution in [0, 0.1) is 23.2 Å². The molecule has 6 rings (SSSR count). The van der Waals surface area contributed by atoms with E-state index in [0.29, 0.717) is 21.4 Å². The molecule has 0 saturated heterocycles. The molecule has 30 heavy (non-hydrogen) atoms. The number of amides is 1. The molecule has 1 amide bonds. The maximum absolute atomic E-state index is 12.7. The first kappa shape index (κ1) is 20.2. The first-order valence-electron chi connectivity index (χ1n) is 10.8. The largest absolute Gasteiger partial charge is 0.352 e. The SMILES string of the molecule is CC(NC(=O)CSc1nnc(-c2ccccc2Cl)n1N)C12CC3CC(CC(C3)C1)C2. The van der Waals surface area contributed by atoms with Gasteiger partial charge in [0.2, 0.25) is 11.1 Å². The Hall–Kier alpha value is -1.73. The fraction of sp³-hybridized carbons (Fsp3) is 0.591. The van der Waals surface area contributed by atoms with Crippen molar-refractivity contribution < 1.29 is 4.79 Å². The number of nitrogens with two attached hydrogens (primary N) is 1. The van der Waals surface area contributed by atoms with Crippen molar-refractivity contribution in [1.29, 1.82) is 0 Å². The highest BCUT2D eigenvalue weighted by molar-refractivity contribution is 7.99. The van der Waals surface area contributed by atoms with Gasteiger partial charge in [0, 0.05) is 11.6 Å². The van der Waals surface area contributed by atoms with Crippen LogP contribution in [0.4, 0.5) is 0 Å². The number of nitrogen functional groups attached to an aromatic ring is 1. The summed E-state index contributed by atoms with van der Waals surface area (Å²) in [7, 11) is 0. The molecule has 1 aromatic carbocycles. The van der Waals surface area contributed by atoms with Crippen LogP contribution in [-0.4, -0.2) is 32.6 Å². The highest BCUT2D eigenvalue weighted by Crippen LogP contribution is 2.61. The molecule has 1 aromatic heterocycles. The predicted octanol–water partition coefficient (Wildman–Crippen LogP) is 4.13. The smallest absolute Gasteiger partial charge is 0.230 e. The van der Waals surface area contributed by atoms with Crippen LogP contribution in [0.25, 0.3) is 11.4 Å². The summed E-state index contributed by atoms with van der Waals surface area (Å²) < 4.78 is 1.40. The number of benzene rings is 1. The van der Waals surface area contributed by atoms with Crippen LogP contribution in [0.3, 0.4) is 0 Å². The Kier molecular flexibility index (Phi) is 5.22. The summed E-state index contributed by atoms with van der Waals surface area (Å²) in [6.45, 7) is 2.21. The number of nitrogens with one attached hydrogen (secondary N) is 1. The van der Waals surface area contributed by atoms with Gasteiger partial charge in [0.1, 0.15) is 0 Å². The summed E-state index contributed by atoms with van der Waals surface area (Å²) in [6.07, 6.45) is 8.09. The van der Waals surface area contributed by atoms with Gasteiger partial charge in [0.15, 0.2) is 5.82 Å². The van der Waals surface area contributed by atoms with Crippen LogP contribution in [0.2, 0.25) is 5.02 Å². The number of aromatic nitrogens is 3. The van der Waals surface area contributed by atoms with Crippen molar-refractivity contribution >= 4 is 29.3 Å². The molecule has 2 aromatic rings. The van der Waals surface area contributed by atoms with Crippen molar-refractivity contribution in [2.45, 2.75) is 56.6 Å². The highest BCUT2D eigenvalue weighted by Gasteiger charge is 2.53. The van der Waals surface area contributed by atoms with E-state index in [1.54, 1.807) is 6.07 Å². The van der Waals surface area contributed by atoms with Crippen molar-refractivity contribution in [1.82, 2.24) is 20.2 Å². The van der Waals surface area contributed by atoms with Crippen molar-refractivity contribution in [2.75, 3.05) is 11.6 Å². The summed E-state index contributed by atoms with van der Waals surface area (Å²) in [4.78, 5) is 12.7. The number of nitrogens with zero attached hydrogens (tertiary/aromatic N) is 3. The number of carbonyl (C=O) groups excluding carboxylic acids is 1. The Morgan fingerprint density at radius 1 is 1.23 bits per heavy atom. The van der Waals surface area contributed by atoms with Crippen molar-refractivity contribution in [3.63, 3.8) is 0 Å². The van der Waals surface area contributed by atoms with Gasteiger partial charge in [0.25, 0.3) is 0 Å². The number of thioether (sulfide) groups is 1. The molecule has 4 aliphatic carbocycles. The summed E-state index contributed by atoms with van der Waals surface area (Å²) in [6, 6.07) is 7.59. The molecule has 0 aliphatic heterocycles. The summed E-state index contributed by atoms with van der Waals surface area (Å²) in [5, 5.41) is 12.7. The van der Waals surface area contributed by atoms with E-state index in [-0.39, 0.29) is 17.7 Å². The van der Waals surface area contributed by atoms with Crippen molar-refractivity contribution in [3.05, 3.63) is 29.3 Å². The third-order valence-electron chi connectivity index (χ3n) is 7.49. The molecular formula is C22H28ClN5OS.